The van der Waals surface area contributed by atoms with E-state index in [1.165, 1.54) is 4.57 Å². The molecular weight excluding hydrogens is 472 g/mol. The minimum atomic E-state index is -1.54. The van der Waals surface area contributed by atoms with Crippen LogP contribution in [0.1, 0.15) is 52.9 Å². The molecule has 2 aromatic carbocycles. The number of rotatable bonds is 8. The number of aryl methyl sites for hydroxylation is 1. The van der Waals surface area contributed by atoms with Crippen LogP contribution in [0.5, 0.6) is 0 Å². The molecule has 0 saturated heterocycles. The number of nitriles is 1. The predicted octanol–water partition coefficient (Wildman–Crippen LogP) is 2.53. The molecule has 192 valence electrons. The van der Waals surface area contributed by atoms with Gasteiger partial charge in [-0.25, -0.2) is 4.79 Å². The molecule has 4 rings (SSSR count). The molecule has 0 aliphatic heterocycles. The van der Waals surface area contributed by atoms with E-state index in [1.807, 2.05) is 0 Å². The van der Waals surface area contributed by atoms with E-state index in [0.717, 1.165) is 11.1 Å². The van der Waals surface area contributed by atoms with Gasteiger partial charge in [-0.3, -0.25) is 9.59 Å². The molecule has 0 spiro atoms. The highest BCUT2D eigenvalue weighted by molar-refractivity contribution is 6.06. The molecule has 3 atom stereocenters. The number of hydrogen-bond acceptors (Lipinski definition) is 5. The Labute approximate surface area is 214 Å². The Morgan fingerprint density at radius 3 is 2.46 bits per heavy atom. The van der Waals surface area contributed by atoms with Crippen LogP contribution in [0.15, 0.2) is 48.5 Å². The van der Waals surface area contributed by atoms with Crippen molar-refractivity contribution in [1.82, 2.24) is 9.88 Å². The average Bonchev–Trinajstić information content (AvgIpc) is 3.21. The minimum absolute atomic E-state index is 0.0690. The number of nitrogens with one attached hydrogen (secondary N) is 1. The molecule has 5 N–H and O–H groups in total. The minimum Gasteiger partial charge on any atom is -0.477 e. The number of carboxylic acid groups (broad SMARTS) is 1. The number of benzene rings is 2. The van der Waals surface area contributed by atoms with Gasteiger partial charge in [0.15, 0.2) is 0 Å². The largest absolute Gasteiger partial charge is 0.477 e. The van der Waals surface area contributed by atoms with Crippen LogP contribution in [0.2, 0.25) is 0 Å². The van der Waals surface area contributed by atoms with Gasteiger partial charge in [-0.05, 0) is 30.0 Å². The standard InChI is InChI=1S/C28H30N4O5/c1-32-22-8-3-2-6-20(22)23(24(32)26(35)36)28(27(30)37)13-5-4-7-21(28)25(34)31-19(15-29)14-17-9-11-18(16-33)12-10-17/h2-3,6,8-12,19,21,33H,4-5,7,13-14,16H2,1H3,(H2,30,37)(H,31,34)(H,35,36)/t19?,21-,28-/m0/s1. The number of primary amides is 1. The maximum absolute atomic E-state index is 13.7. The lowest BCUT2D eigenvalue weighted by atomic mass is 9.60. The van der Waals surface area contributed by atoms with Crippen LogP contribution in [-0.4, -0.2) is 38.6 Å². The first-order chi connectivity index (χ1) is 17.7. The van der Waals surface area contributed by atoms with Crippen LogP contribution in [0.25, 0.3) is 10.9 Å². The second-order valence-corrected chi connectivity index (χ2v) is 9.61. The fraction of sp³-hybridized carbons (Fsp3) is 0.357. The van der Waals surface area contributed by atoms with Crippen molar-refractivity contribution < 1.29 is 24.6 Å². The van der Waals surface area contributed by atoms with E-state index in [0.29, 0.717) is 30.2 Å². The van der Waals surface area contributed by atoms with Crippen molar-refractivity contribution in [3.8, 4) is 6.07 Å². The molecule has 9 heteroatoms. The van der Waals surface area contributed by atoms with E-state index in [2.05, 4.69) is 11.4 Å². The van der Waals surface area contributed by atoms with Crippen LogP contribution < -0.4 is 11.1 Å². The predicted molar refractivity (Wildman–Crippen MR) is 136 cm³/mol. The Kier molecular flexibility index (Phi) is 7.32. The number of fused-ring (bicyclic) bond motifs is 1. The molecule has 1 heterocycles. The fourth-order valence-electron chi connectivity index (χ4n) is 5.76. The average molecular weight is 503 g/mol. The smallest absolute Gasteiger partial charge is 0.352 e. The second-order valence-electron chi connectivity index (χ2n) is 9.61. The lowest BCUT2D eigenvalue weighted by Crippen LogP contribution is -2.56. The van der Waals surface area contributed by atoms with Gasteiger partial charge in [0.1, 0.15) is 11.7 Å². The molecule has 1 aliphatic carbocycles. The molecule has 9 nitrogen and oxygen atoms in total. The summed E-state index contributed by atoms with van der Waals surface area (Å²) in [6.45, 7) is -0.0952. The van der Waals surface area contributed by atoms with Crippen molar-refractivity contribution in [3.63, 3.8) is 0 Å². The van der Waals surface area contributed by atoms with Gasteiger partial charge >= 0.3 is 5.97 Å². The number of para-hydroxylation sites is 1. The van der Waals surface area contributed by atoms with Gasteiger partial charge < -0.3 is 25.8 Å². The molecule has 0 bridgehead atoms. The number of amides is 2. The van der Waals surface area contributed by atoms with Gasteiger partial charge in [-0.15, -0.1) is 0 Å². The summed E-state index contributed by atoms with van der Waals surface area (Å²) in [7, 11) is 1.62. The van der Waals surface area contributed by atoms with Crippen LogP contribution in [0.4, 0.5) is 0 Å². The lowest BCUT2D eigenvalue weighted by molar-refractivity contribution is -0.137. The zero-order valence-corrected chi connectivity index (χ0v) is 20.6. The quantitative estimate of drug-likeness (QED) is 0.370. The van der Waals surface area contributed by atoms with E-state index in [4.69, 9.17) is 5.73 Å². The Hall–Kier alpha value is -4.16. The third kappa shape index (κ3) is 4.56. The summed E-state index contributed by atoms with van der Waals surface area (Å²) in [6, 6.07) is 15.4. The van der Waals surface area contributed by atoms with E-state index in [1.54, 1.807) is 55.6 Å². The molecule has 1 unspecified atom stereocenters. The van der Waals surface area contributed by atoms with E-state index >= 15 is 0 Å². The van der Waals surface area contributed by atoms with Crippen molar-refractivity contribution in [3.05, 3.63) is 70.9 Å². The summed E-state index contributed by atoms with van der Waals surface area (Å²) in [5.74, 6) is -3.39. The third-order valence-corrected chi connectivity index (χ3v) is 7.54. The van der Waals surface area contributed by atoms with Crippen molar-refractivity contribution >= 4 is 28.7 Å². The molecular formula is C28H30N4O5. The first-order valence-electron chi connectivity index (χ1n) is 12.2. The number of carboxylic acids is 1. The Balaban J connectivity index is 1.75. The maximum Gasteiger partial charge on any atom is 0.352 e. The first-order valence-corrected chi connectivity index (χ1v) is 12.2. The zero-order valence-electron chi connectivity index (χ0n) is 20.6. The monoisotopic (exact) mass is 502 g/mol. The number of aliphatic hydroxyl groups is 1. The van der Waals surface area contributed by atoms with Gasteiger partial charge in [0.05, 0.1) is 24.0 Å². The Morgan fingerprint density at radius 1 is 1.16 bits per heavy atom. The zero-order chi connectivity index (χ0) is 26.7. The number of nitrogens with zero attached hydrogens (tertiary/aromatic N) is 2. The van der Waals surface area contributed by atoms with Gasteiger partial charge in [0.25, 0.3) is 0 Å². The molecule has 0 radical (unpaired) electrons. The molecule has 37 heavy (non-hydrogen) atoms. The lowest BCUT2D eigenvalue weighted by Gasteiger charge is -2.41. The fourth-order valence-corrected chi connectivity index (χ4v) is 5.76. The van der Waals surface area contributed by atoms with Crippen molar-refractivity contribution in [1.29, 1.82) is 5.26 Å². The Bertz CT molecular complexity index is 1390. The molecule has 1 aliphatic rings. The molecule has 1 aromatic heterocycles. The second kappa shape index (κ2) is 10.4. The highest BCUT2D eigenvalue weighted by Crippen LogP contribution is 2.48. The Morgan fingerprint density at radius 2 is 1.84 bits per heavy atom. The van der Waals surface area contributed by atoms with Gasteiger partial charge in [-0.1, -0.05) is 55.3 Å². The third-order valence-electron chi connectivity index (χ3n) is 7.54. The summed E-state index contributed by atoms with van der Waals surface area (Å²) in [5, 5.41) is 32.5. The van der Waals surface area contributed by atoms with Gasteiger partial charge in [-0.2, -0.15) is 5.26 Å². The molecule has 1 fully saturated rings. The van der Waals surface area contributed by atoms with E-state index in [-0.39, 0.29) is 30.7 Å². The van der Waals surface area contributed by atoms with Crippen LogP contribution in [0, 0.1) is 17.2 Å². The molecule has 1 saturated carbocycles. The summed E-state index contributed by atoms with van der Waals surface area (Å²) >= 11 is 0. The number of nitrogens with two attached hydrogens (primary N) is 1. The maximum atomic E-state index is 13.7. The van der Waals surface area contributed by atoms with Crippen molar-refractivity contribution in [2.75, 3.05) is 0 Å². The summed E-state index contributed by atoms with van der Waals surface area (Å²) in [4.78, 5) is 39.4. The number of carbonyl (C=O) groups is 3. The van der Waals surface area contributed by atoms with Crippen LogP contribution in [-0.2, 0) is 35.1 Å². The van der Waals surface area contributed by atoms with Crippen LogP contribution in [0.3, 0.4) is 0 Å². The number of aromatic carboxylic acids is 1. The summed E-state index contributed by atoms with van der Waals surface area (Å²) in [6.07, 6.45) is 2.07. The van der Waals surface area contributed by atoms with Crippen molar-refractivity contribution in [2.24, 2.45) is 18.7 Å². The van der Waals surface area contributed by atoms with Crippen LogP contribution >= 0.6 is 0 Å². The summed E-state index contributed by atoms with van der Waals surface area (Å²) in [5.41, 5.74) is 6.85. The van der Waals surface area contributed by atoms with Crippen molar-refractivity contribution in [2.45, 2.75) is 50.2 Å². The van der Waals surface area contributed by atoms with E-state index in [9.17, 15) is 29.9 Å². The number of hydrogen-bond donors (Lipinski definition) is 4. The van der Waals surface area contributed by atoms with E-state index < -0.39 is 35.2 Å². The number of aliphatic hydroxyl groups excluding tert-OH is 1. The highest BCUT2D eigenvalue weighted by Gasteiger charge is 2.54. The van der Waals surface area contributed by atoms with Gasteiger partial charge in [0.2, 0.25) is 11.8 Å². The molecule has 3 aromatic rings. The number of aromatic nitrogens is 1. The summed E-state index contributed by atoms with van der Waals surface area (Å²) < 4.78 is 1.52. The SMILES string of the molecule is Cn1c(C(=O)O)c([C@]2(C(N)=O)CCCC[C@H]2C(=O)NC(C#N)Cc2ccc(CO)cc2)c2ccccc21. The topological polar surface area (TPSA) is 158 Å². The van der Waals surface area contributed by atoms with Gasteiger partial charge in [0, 0.05) is 29.9 Å². The molecule has 2 amide bonds. The normalized spacial score (nSPS) is 20.2. The first kappa shape index (κ1) is 25.9. The highest BCUT2D eigenvalue weighted by atomic mass is 16.4. The number of carbonyl (C=O) groups excluding carboxylic acids is 2.